The lowest BCUT2D eigenvalue weighted by Gasteiger charge is -2.08. The molecule has 0 atom stereocenters. The molecule has 1 aromatic carbocycles. The van der Waals surface area contributed by atoms with Gasteiger partial charge in [0.1, 0.15) is 16.5 Å². The Bertz CT molecular complexity index is 956. The quantitative estimate of drug-likeness (QED) is 0.506. The standard InChI is InChI=1S/C18H18ClN5OS2/c1-10-4-3-5-13(19)16(10)24-17(25)14-9-20-18(27-14)23-15-8-12(6-7-26)21-11(2)22-15/h3-5,8-9,26H,6-7H2,1-2H3,(H,24,25)(H,20,21,22,23). The maximum Gasteiger partial charge on any atom is 0.267 e. The number of aromatic nitrogens is 3. The molecule has 0 aliphatic heterocycles. The fourth-order valence-corrected chi connectivity index (χ4v) is 3.66. The van der Waals surface area contributed by atoms with Gasteiger partial charge in [-0.25, -0.2) is 15.0 Å². The van der Waals surface area contributed by atoms with Gasteiger partial charge in [-0.1, -0.05) is 35.1 Å². The van der Waals surface area contributed by atoms with Crippen LogP contribution in [0, 0.1) is 13.8 Å². The van der Waals surface area contributed by atoms with Crippen molar-refractivity contribution in [3.8, 4) is 0 Å². The van der Waals surface area contributed by atoms with E-state index in [0.29, 0.717) is 38.1 Å². The van der Waals surface area contributed by atoms with Crippen molar-refractivity contribution < 1.29 is 4.79 Å². The number of hydrogen-bond donors (Lipinski definition) is 3. The van der Waals surface area contributed by atoms with Crippen molar-refractivity contribution in [3.63, 3.8) is 0 Å². The van der Waals surface area contributed by atoms with Crippen LogP contribution in [-0.2, 0) is 6.42 Å². The number of rotatable bonds is 6. The molecule has 2 heterocycles. The zero-order valence-electron chi connectivity index (χ0n) is 14.8. The van der Waals surface area contributed by atoms with Crippen LogP contribution in [0.4, 0.5) is 16.6 Å². The third kappa shape index (κ3) is 4.97. The summed E-state index contributed by atoms with van der Waals surface area (Å²) in [5.74, 6) is 1.76. The van der Waals surface area contributed by atoms with Gasteiger partial charge in [0, 0.05) is 11.8 Å². The summed E-state index contributed by atoms with van der Waals surface area (Å²) in [6, 6.07) is 7.33. The zero-order chi connectivity index (χ0) is 19.4. The fraction of sp³-hybridized carbons (Fsp3) is 0.222. The lowest BCUT2D eigenvalue weighted by molar-refractivity contribution is 0.103. The fourth-order valence-electron chi connectivity index (χ4n) is 2.45. The number of amides is 1. The predicted octanol–water partition coefficient (Wildman–Crippen LogP) is 4.67. The van der Waals surface area contributed by atoms with E-state index >= 15 is 0 Å². The maximum absolute atomic E-state index is 12.5. The van der Waals surface area contributed by atoms with Crippen LogP contribution in [-0.4, -0.2) is 26.6 Å². The summed E-state index contributed by atoms with van der Waals surface area (Å²) in [5.41, 5.74) is 2.41. The van der Waals surface area contributed by atoms with Gasteiger partial charge in [-0.3, -0.25) is 4.79 Å². The molecule has 0 saturated carbocycles. The van der Waals surface area contributed by atoms with E-state index in [1.54, 1.807) is 6.07 Å². The molecular formula is C18H18ClN5OS2. The lowest BCUT2D eigenvalue weighted by Crippen LogP contribution is -2.11. The Morgan fingerprint density at radius 3 is 2.85 bits per heavy atom. The minimum Gasteiger partial charge on any atom is -0.320 e. The monoisotopic (exact) mass is 419 g/mol. The Morgan fingerprint density at radius 1 is 1.30 bits per heavy atom. The van der Waals surface area contributed by atoms with Crippen LogP contribution < -0.4 is 10.6 Å². The number of nitrogens with one attached hydrogen (secondary N) is 2. The van der Waals surface area contributed by atoms with E-state index < -0.39 is 0 Å². The van der Waals surface area contributed by atoms with Gasteiger partial charge >= 0.3 is 0 Å². The molecule has 0 aliphatic carbocycles. The third-order valence-corrected chi connectivity index (χ3v) is 5.13. The zero-order valence-corrected chi connectivity index (χ0v) is 17.3. The van der Waals surface area contributed by atoms with E-state index in [1.165, 1.54) is 17.5 Å². The number of nitrogens with zero attached hydrogens (tertiary/aromatic N) is 3. The van der Waals surface area contributed by atoms with Crippen LogP contribution >= 0.6 is 35.6 Å². The molecule has 0 unspecified atom stereocenters. The molecular weight excluding hydrogens is 402 g/mol. The Hall–Kier alpha value is -2.16. The van der Waals surface area contributed by atoms with E-state index in [0.717, 1.165) is 17.7 Å². The first-order chi connectivity index (χ1) is 13.0. The smallest absolute Gasteiger partial charge is 0.267 e. The third-order valence-electron chi connectivity index (χ3n) is 3.68. The Kier molecular flexibility index (Phi) is 6.30. The van der Waals surface area contributed by atoms with Crippen molar-refractivity contribution in [1.29, 1.82) is 0 Å². The number of aryl methyl sites for hydroxylation is 3. The predicted molar refractivity (Wildman–Crippen MR) is 114 cm³/mol. The number of para-hydroxylation sites is 1. The molecule has 0 radical (unpaired) electrons. The van der Waals surface area contributed by atoms with Gasteiger partial charge in [0.15, 0.2) is 5.13 Å². The molecule has 27 heavy (non-hydrogen) atoms. The van der Waals surface area contributed by atoms with Gasteiger partial charge in [0.2, 0.25) is 0 Å². The molecule has 6 nitrogen and oxygen atoms in total. The molecule has 1 amide bonds. The summed E-state index contributed by atoms with van der Waals surface area (Å²) in [4.78, 5) is 26.0. The number of hydrogen-bond acceptors (Lipinski definition) is 7. The maximum atomic E-state index is 12.5. The van der Waals surface area contributed by atoms with Gasteiger partial charge in [0.05, 0.1) is 16.9 Å². The topological polar surface area (TPSA) is 79.8 Å². The van der Waals surface area contributed by atoms with Gasteiger partial charge < -0.3 is 10.6 Å². The summed E-state index contributed by atoms with van der Waals surface area (Å²) >= 11 is 11.6. The summed E-state index contributed by atoms with van der Waals surface area (Å²) in [5, 5.41) is 7.05. The first-order valence-corrected chi connectivity index (χ1v) is 10.0. The van der Waals surface area contributed by atoms with Crippen LogP contribution in [0.1, 0.15) is 26.8 Å². The first kappa shape index (κ1) is 19.6. The number of halogens is 1. The second kappa shape index (κ2) is 8.69. The number of thiol groups is 1. The van der Waals surface area contributed by atoms with Crippen molar-refractivity contribution >= 4 is 58.1 Å². The Balaban J connectivity index is 1.74. The van der Waals surface area contributed by atoms with E-state index in [4.69, 9.17) is 11.6 Å². The SMILES string of the molecule is Cc1nc(CCS)cc(Nc2ncc(C(=O)Nc3c(C)cccc3Cl)s2)n1. The van der Waals surface area contributed by atoms with Gasteiger partial charge in [-0.2, -0.15) is 12.6 Å². The molecule has 3 aromatic rings. The molecule has 9 heteroatoms. The average Bonchev–Trinajstić information content (AvgIpc) is 3.06. The number of carbonyl (C=O) groups excluding carboxylic acids is 1. The second-order valence-electron chi connectivity index (χ2n) is 5.81. The normalized spacial score (nSPS) is 10.7. The molecule has 3 rings (SSSR count). The number of anilines is 3. The van der Waals surface area contributed by atoms with E-state index in [9.17, 15) is 4.79 Å². The van der Waals surface area contributed by atoms with Gasteiger partial charge in [0.25, 0.3) is 5.91 Å². The summed E-state index contributed by atoms with van der Waals surface area (Å²) in [6.45, 7) is 3.72. The Labute approximate surface area is 171 Å². The highest BCUT2D eigenvalue weighted by Crippen LogP contribution is 2.27. The molecule has 2 N–H and O–H groups in total. The van der Waals surface area contributed by atoms with E-state index in [-0.39, 0.29) is 5.91 Å². The van der Waals surface area contributed by atoms with Crippen LogP contribution in [0.3, 0.4) is 0 Å². The highest BCUT2D eigenvalue weighted by atomic mass is 35.5. The van der Waals surface area contributed by atoms with Crippen molar-refractivity contribution in [3.05, 3.63) is 57.4 Å². The average molecular weight is 420 g/mol. The first-order valence-electron chi connectivity index (χ1n) is 8.21. The van der Waals surface area contributed by atoms with Crippen molar-refractivity contribution in [1.82, 2.24) is 15.0 Å². The van der Waals surface area contributed by atoms with E-state index in [1.807, 2.05) is 32.0 Å². The Morgan fingerprint density at radius 2 is 2.11 bits per heavy atom. The number of thiazole rings is 1. The van der Waals surface area contributed by atoms with Gasteiger partial charge in [-0.05, 0) is 37.7 Å². The molecule has 0 spiro atoms. The summed E-state index contributed by atoms with van der Waals surface area (Å²) in [7, 11) is 0. The lowest BCUT2D eigenvalue weighted by atomic mass is 10.2. The second-order valence-corrected chi connectivity index (χ2v) is 7.69. The minimum absolute atomic E-state index is 0.258. The molecule has 0 aliphatic rings. The van der Waals surface area contributed by atoms with Crippen molar-refractivity contribution in [2.45, 2.75) is 20.3 Å². The van der Waals surface area contributed by atoms with Crippen LogP contribution in [0.5, 0.6) is 0 Å². The molecule has 0 fully saturated rings. The number of benzene rings is 1. The molecule has 2 aromatic heterocycles. The largest absolute Gasteiger partial charge is 0.320 e. The van der Waals surface area contributed by atoms with Crippen LogP contribution in [0.2, 0.25) is 5.02 Å². The van der Waals surface area contributed by atoms with Crippen molar-refractivity contribution in [2.75, 3.05) is 16.4 Å². The van der Waals surface area contributed by atoms with E-state index in [2.05, 4.69) is 38.2 Å². The van der Waals surface area contributed by atoms with Crippen molar-refractivity contribution in [2.24, 2.45) is 0 Å². The molecule has 140 valence electrons. The highest BCUT2D eigenvalue weighted by molar-refractivity contribution is 7.80. The summed E-state index contributed by atoms with van der Waals surface area (Å²) < 4.78 is 0. The minimum atomic E-state index is -0.258. The molecule has 0 saturated heterocycles. The van der Waals surface area contributed by atoms with Crippen LogP contribution in [0.15, 0.2) is 30.5 Å². The molecule has 0 bridgehead atoms. The van der Waals surface area contributed by atoms with Gasteiger partial charge in [-0.15, -0.1) is 0 Å². The highest BCUT2D eigenvalue weighted by Gasteiger charge is 2.14. The van der Waals surface area contributed by atoms with Crippen LogP contribution in [0.25, 0.3) is 0 Å². The number of carbonyl (C=O) groups is 1. The summed E-state index contributed by atoms with van der Waals surface area (Å²) in [6.07, 6.45) is 2.28.